The fourth-order valence-corrected chi connectivity index (χ4v) is 6.52. The molecule has 5 rings (SSSR count). The number of carboxylic acids is 2. The molecule has 3 aromatic rings. The number of fused-ring (bicyclic) bond motifs is 2. The van der Waals surface area contributed by atoms with Gasteiger partial charge in [0, 0.05) is 35.5 Å². The SMILES string of the molecule is CNCc1c(N)[nH]c2ccc[n+](CC3=C(C(=O)[O-])N4C(=O)C(NC(=O)/C(=N\OC(C)(C)C(=O)O)c5nsc(N)n5)C4SC3)c12. The van der Waals surface area contributed by atoms with Crippen molar-refractivity contribution >= 4 is 74.7 Å². The van der Waals surface area contributed by atoms with Crippen LogP contribution in [0.15, 0.2) is 34.8 Å². The minimum atomic E-state index is -1.80. The number of nitrogens with one attached hydrogen (secondary N) is 3. The van der Waals surface area contributed by atoms with Gasteiger partial charge in [-0.15, -0.1) is 11.8 Å². The largest absolute Gasteiger partial charge is 0.543 e. The average molecular weight is 645 g/mol. The van der Waals surface area contributed by atoms with Gasteiger partial charge in [-0.25, -0.2) is 4.79 Å². The summed E-state index contributed by atoms with van der Waals surface area (Å²) in [7, 11) is 1.78. The fraction of sp³-hybridized carbons (Fsp3) is 0.360. The molecule has 5 heterocycles. The van der Waals surface area contributed by atoms with Crippen molar-refractivity contribution in [3.05, 3.63) is 41.0 Å². The van der Waals surface area contributed by atoms with E-state index in [9.17, 15) is 29.4 Å². The number of H-pyrrole nitrogens is 1. The van der Waals surface area contributed by atoms with E-state index in [0.717, 1.165) is 33.0 Å². The van der Waals surface area contributed by atoms with Crippen LogP contribution in [0.2, 0.25) is 0 Å². The second kappa shape index (κ2) is 11.7. The molecule has 0 saturated carbocycles. The number of hydrogen-bond donors (Lipinski definition) is 6. The number of hydrogen-bond acceptors (Lipinski definition) is 14. The molecule has 1 saturated heterocycles. The lowest BCUT2D eigenvalue weighted by molar-refractivity contribution is -0.663. The Hall–Kier alpha value is -4.75. The summed E-state index contributed by atoms with van der Waals surface area (Å²) in [5.74, 6) is -4.05. The van der Waals surface area contributed by atoms with Gasteiger partial charge in [-0.05, 0) is 27.0 Å². The third kappa shape index (κ3) is 5.51. The van der Waals surface area contributed by atoms with Crippen molar-refractivity contribution in [3.63, 3.8) is 0 Å². The molecule has 2 amide bonds. The van der Waals surface area contributed by atoms with Crippen LogP contribution in [-0.2, 0) is 37.1 Å². The minimum Gasteiger partial charge on any atom is -0.543 e. The Kier molecular flexibility index (Phi) is 8.19. The van der Waals surface area contributed by atoms with Crippen LogP contribution in [0.1, 0.15) is 25.2 Å². The number of nitrogens with zero attached hydrogens (tertiary/aromatic N) is 5. The number of carboxylic acid groups (broad SMARTS) is 2. The van der Waals surface area contributed by atoms with Crippen LogP contribution in [0.5, 0.6) is 0 Å². The van der Waals surface area contributed by atoms with Crippen LogP contribution >= 0.6 is 23.3 Å². The summed E-state index contributed by atoms with van der Waals surface area (Å²) in [5, 5.41) is 30.2. The molecular weight excluding hydrogens is 616 g/mol. The predicted octanol–water partition coefficient (Wildman–Crippen LogP) is -2.12. The molecule has 3 aromatic heterocycles. The van der Waals surface area contributed by atoms with Crippen molar-refractivity contribution < 1.29 is 38.8 Å². The molecule has 0 spiro atoms. The highest BCUT2D eigenvalue weighted by Gasteiger charge is 2.53. The number of aliphatic carboxylic acids is 2. The fourth-order valence-electron chi connectivity index (χ4n) is 4.75. The van der Waals surface area contributed by atoms with Gasteiger partial charge >= 0.3 is 5.97 Å². The summed E-state index contributed by atoms with van der Waals surface area (Å²) < 4.78 is 5.79. The van der Waals surface area contributed by atoms with Gasteiger partial charge < -0.3 is 46.9 Å². The number of carbonyl (C=O) groups is 4. The molecule has 2 unspecified atom stereocenters. The van der Waals surface area contributed by atoms with E-state index in [1.54, 1.807) is 19.3 Å². The van der Waals surface area contributed by atoms with Gasteiger partial charge in [0.2, 0.25) is 22.7 Å². The number of anilines is 2. The molecule has 2 aliphatic heterocycles. The Labute approximate surface area is 257 Å². The average Bonchev–Trinajstić information content (AvgIpc) is 3.54. The van der Waals surface area contributed by atoms with Gasteiger partial charge in [-0.3, -0.25) is 14.5 Å². The third-order valence-electron chi connectivity index (χ3n) is 6.94. The third-order valence-corrected chi connectivity index (χ3v) is 8.82. The molecule has 0 aromatic carbocycles. The van der Waals surface area contributed by atoms with Crippen molar-refractivity contribution in [3.8, 4) is 0 Å². The van der Waals surface area contributed by atoms with Crippen LogP contribution in [0.3, 0.4) is 0 Å². The maximum absolute atomic E-state index is 13.3. The number of β-lactam (4-membered cyclic amide) rings is 1. The van der Waals surface area contributed by atoms with Gasteiger partial charge in [-0.1, -0.05) is 5.16 Å². The quantitative estimate of drug-likeness (QED) is 0.0565. The normalized spacial score (nSPS) is 18.7. The van der Waals surface area contributed by atoms with Crippen LogP contribution in [-0.4, -0.2) is 83.6 Å². The van der Waals surface area contributed by atoms with E-state index in [1.165, 1.54) is 25.6 Å². The summed E-state index contributed by atoms with van der Waals surface area (Å²) in [6, 6.07) is 2.51. The number of nitrogen functional groups attached to an aromatic ring is 2. The van der Waals surface area contributed by atoms with Crippen molar-refractivity contribution in [2.24, 2.45) is 5.16 Å². The summed E-state index contributed by atoms with van der Waals surface area (Å²) in [6.07, 6.45) is 1.79. The Balaban J connectivity index is 1.40. The summed E-state index contributed by atoms with van der Waals surface area (Å²) in [5.41, 5.74) is 12.0. The van der Waals surface area contributed by atoms with Gasteiger partial charge in [0.15, 0.2) is 17.9 Å². The van der Waals surface area contributed by atoms with E-state index in [0.29, 0.717) is 17.9 Å². The second-order valence-corrected chi connectivity index (χ2v) is 12.2. The molecule has 232 valence electrons. The number of thioether (sulfide) groups is 1. The van der Waals surface area contributed by atoms with Crippen molar-refractivity contribution in [2.75, 3.05) is 24.3 Å². The smallest absolute Gasteiger partial charge is 0.350 e. The zero-order valence-electron chi connectivity index (χ0n) is 23.6. The number of pyridine rings is 1. The first-order valence-electron chi connectivity index (χ1n) is 13.0. The number of oxime groups is 1. The van der Waals surface area contributed by atoms with Crippen LogP contribution < -0.4 is 31.8 Å². The lowest BCUT2D eigenvalue weighted by Crippen LogP contribution is -2.71. The Morgan fingerprint density at radius 1 is 1.36 bits per heavy atom. The van der Waals surface area contributed by atoms with Crippen LogP contribution in [0.4, 0.5) is 10.9 Å². The monoisotopic (exact) mass is 644 g/mol. The topological polar surface area (TPSA) is 258 Å². The molecule has 0 aliphatic carbocycles. The number of aromatic nitrogens is 4. The van der Waals surface area contributed by atoms with E-state index in [-0.39, 0.29) is 29.0 Å². The van der Waals surface area contributed by atoms with Crippen molar-refractivity contribution in [1.29, 1.82) is 0 Å². The number of carbonyl (C=O) groups excluding carboxylic acids is 3. The number of nitrogens with two attached hydrogens (primary N) is 2. The molecule has 0 radical (unpaired) electrons. The van der Waals surface area contributed by atoms with Gasteiger partial charge in [0.25, 0.3) is 11.8 Å². The maximum Gasteiger partial charge on any atom is 0.350 e. The molecule has 8 N–H and O–H groups in total. The molecule has 0 bridgehead atoms. The standard InChI is InChI=1S/C25H28N10O7S2/c1-25(2,23(40)41)42-32-13(18-31-24(27)44-33-18)19(36)30-14-20(37)35-15(22(38)39)10(9-43-21(14)35)8-34-6-4-5-12-16(34)11(7-28-3)17(26)29-12/h4-6,14,21,28H,7-9H2,1-3H3,(H7,26,27,29,30,31,33,36,38,39,40,41)/b32-13-. The molecule has 17 nitrogen and oxygen atoms in total. The zero-order chi connectivity index (χ0) is 31.9. The van der Waals surface area contributed by atoms with Gasteiger partial charge in [0.1, 0.15) is 22.8 Å². The first kappa shape index (κ1) is 30.7. The van der Waals surface area contributed by atoms with E-state index in [4.69, 9.17) is 16.3 Å². The second-order valence-electron chi connectivity index (χ2n) is 10.3. The van der Waals surface area contributed by atoms with Crippen LogP contribution in [0.25, 0.3) is 11.0 Å². The summed E-state index contributed by atoms with van der Waals surface area (Å²) in [6.45, 7) is 3.05. The van der Waals surface area contributed by atoms with E-state index in [1.807, 2.05) is 10.6 Å². The van der Waals surface area contributed by atoms with E-state index in [2.05, 4.69) is 30.1 Å². The highest BCUT2D eigenvalue weighted by atomic mass is 32.2. The molecule has 19 heteroatoms. The molecule has 44 heavy (non-hydrogen) atoms. The van der Waals surface area contributed by atoms with Gasteiger partial charge in [0.05, 0.1) is 17.2 Å². The van der Waals surface area contributed by atoms with Crippen molar-refractivity contribution in [2.45, 2.75) is 44.0 Å². The summed E-state index contributed by atoms with van der Waals surface area (Å²) >= 11 is 2.03. The molecule has 2 atom stereocenters. The first-order chi connectivity index (χ1) is 20.8. The van der Waals surface area contributed by atoms with E-state index < -0.39 is 46.5 Å². The van der Waals surface area contributed by atoms with Gasteiger partial charge in [-0.2, -0.15) is 13.9 Å². The Bertz CT molecular complexity index is 1750. The van der Waals surface area contributed by atoms with Crippen LogP contribution in [0, 0.1) is 0 Å². The highest BCUT2D eigenvalue weighted by molar-refractivity contribution is 8.00. The number of amides is 2. The number of aromatic amines is 1. The zero-order valence-corrected chi connectivity index (χ0v) is 25.2. The lowest BCUT2D eigenvalue weighted by Gasteiger charge is -2.50. The summed E-state index contributed by atoms with van der Waals surface area (Å²) in [4.78, 5) is 63.6. The predicted molar refractivity (Wildman–Crippen MR) is 156 cm³/mol. The minimum absolute atomic E-state index is 0.0111. The van der Waals surface area contributed by atoms with E-state index >= 15 is 0 Å². The molecule has 1 fully saturated rings. The Morgan fingerprint density at radius 3 is 2.75 bits per heavy atom. The molecule has 2 aliphatic rings. The van der Waals surface area contributed by atoms with Crippen molar-refractivity contribution in [1.82, 2.24) is 29.9 Å². The molecular formula is C25H28N10O7S2. The maximum atomic E-state index is 13.3. The lowest BCUT2D eigenvalue weighted by atomic mass is 10.0. The Morgan fingerprint density at radius 2 is 2.11 bits per heavy atom. The first-order valence-corrected chi connectivity index (χ1v) is 14.9. The highest BCUT2D eigenvalue weighted by Crippen LogP contribution is 2.40. The number of rotatable bonds is 11.